The summed E-state index contributed by atoms with van der Waals surface area (Å²) < 4.78 is 62.8. The van der Waals surface area contributed by atoms with Crippen molar-refractivity contribution in [2.45, 2.75) is 80.6 Å². The Morgan fingerprint density at radius 1 is 1.21 bits per heavy atom. The van der Waals surface area contributed by atoms with Crippen LogP contribution in [-0.2, 0) is 11.3 Å². The third-order valence-corrected chi connectivity index (χ3v) is 9.46. The van der Waals surface area contributed by atoms with Crippen LogP contribution in [0.2, 0.25) is 0 Å². The van der Waals surface area contributed by atoms with Gasteiger partial charge in [0.1, 0.15) is 11.4 Å². The van der Waals surface area contributed by atoms with E-state index < -0.39 is 41.9 Å². The molecule has 11 nitrogen and oxygen atoms in total. The SMILES string of the molecule is COC1CN(c2nn(CC3(F)CCC3)c3cc(-c4[nH]ncc4NC(=O)N4CCC(O)(C(F)(F)F)CC45CC5)ncc23)C1. The first-order valence-electron chi connectivity index (χ1n) is 14.2. The van der Waals surface area contributed by atoms with Crippen LogP contribution < -0.4 is 10.2 Å². The minimum absolute atomic E-state index is 0.102. The van der Waals surface area contributed by atoms with Crippen molar-refractivity contribution in [2.24, 2.45) is 0 Å². The topological polar surface area (TPSA) is 124 Å². The molecule has 0 aromatic carbocycles. The first-order valence-corrected chi connectivity index (χ1v) is 14.2. The van der Waals surface area contributed by atoms with Crippen LogP contribution in [0.3, 0.4) is 0 Å². The number of likely N-dealkylation sites (tertiary alicyclic amines) is 1. The number of rotatable bonds is 6. The molecular formula is C27H32F4N8O3. The van der Waals surface area contributed by atoms with Crippen molar-refractivity contribution >= 4 is 28.4 Å². The molecule has 3 aromatic heterocycles. The van der Waals surface area contributed by atoms with Gasteiger partial charge in [0.05, 0.1) is 41.1 Å². The summed E-state index contributed by atoms with van der Waals surface area (Å²) in [5, 5.41) is 25.5. The highest BCUT2D eigenvalue weighted by Gasteiger charge is 2.65. The Morgan fingerprint density at radius 2 is 1.98 bits per heavy atom. The quantitative estimate of drug-likeness (QED) is 0.370. The lowest BCUT2D eigenvalue weighted by Gasteiger charge is -2.45. The summed E-state index contributed by atoms with van der Waals surface area (Å²) in [6, 6.07) is 1.21. The van der Waals surface area contributed by atoms with Gasteiger partial charge in [-0.25, -0.2) is 9.18 Å². The average molecular weight is 593 g/mol. The molecule has 3 aromatic rings. The van der Waals surface area contributed by atoms with Crippen LogP contribution in [-0.4, -0.2) is 96.8 Å². The number of alkyl halides is 4. The number of pyridine rings is 1. The number of methoxy groups -OCH3 is 1. The molecule has 7 rings (SSSR count). The molecule has 2 saturated heterocycles. The average Bonchev–Trinajstić information content (AvgIpc) is 3.33. The predicted molar refractivity (Wildman–Crippen MR) is 144 cm³/mol. The molecule has 226 valence electrons. The summed E-state index contributed by atoms with van der Waals surface area (Å²) >= 11 is 0. The highest BCUT2D eigenvalue weighted by Crippen LogP contribution is 2.55. The van der Waals surface area contributed by atoms with E-state index in [0.29, 0.717) is 67.2 Å². The standard InChI is InChI=1S/C27H32F4N8O3/c1-42-16-12-37(13-16)22-17-10-32-18(9-20(17)39(36-22)15-24(28)3-2-4-24)21-19(11-33-35-21)34-23(40)38-8-7-26(41,27(29,30)31)14-25(38)5-6-25/h9-11,16,41H,2-8,12-15H2,1H3,(H,33,35)(H,34,40). The Labute approximate surface area is 238 Å². The van der Waals surface area contributed by atoms with Gasteiger partial charge in [-0.15, -0.1) is 0 Å². The Hall–Kier alpha value is -3.46. The number of carbonyl (C=O) groups excluding carboxylic acids is 1. The highest BCUT2D eigenvalue weighted by molar-refractivity contribution is 5.96. The molecule has 42 heavy (non-hydrogen) atoms. The number of carbonyl (C=O) groups is 1. The fourth-order valence-electron chi connectivity index (χ4n) is 6.46. The number of ether oxygens (including phenoxy) is 1. The van der Waals surface area contributed by atoms with E-state index in [4.69, 9.17) is 9.84 Å². The Bertz CT molecular complexity index is 1530. The second-order valence-corrected chi connectivity index (χ2v) is 12.3. The number of urea groups is 1. The maximum atomic E-state index is 15.2. The van der Waals surface area contributed by atoms with Gasteiger partial charge in [0.2, 0.25) is 0 Å². The molecule has 2 aliphatic heterocycles. The molecule has 5 heterocycles. The van der Waals surface area contributed by atoms with Crippen molar-refractivity contribution in [3.05, 3.63) is 18.5 Å². The molecule has 15 heteroatoms. The van der Waals surface area contributed by atoms with E-state index in [2.05, 4.69) is 25.4 Å². The second-order valence-electron chi connectivity index (χ2n) is 12.3. The maximum Gasteiger partial charge on any atom is 0.417 e. The van der Waals surface area contributed by atoms with Crippen LogP contribution in [0, 0.1) is 0 Å². The number of aromatic amines is 1. The highest BCUT2D eigenvalue weighted by atomic mass is 19.4. The number of aromatic nitrogens is 5. The number of amides is 2. The second kappa shape index (κ2) is 9.27. The number of nitrogens with one attached hydrogen (secondary N) is 2. The van der Waals surface area contributed by atoms with Gasteiger partial charge in [0.15, 0.2) is 11.4 Å². The van der Waals surface area contributed by atoms with E-state index in [1.807, 2.05) is 0 Å². The third kappa shape index (κ3) is 4.39. The summed E-state index contributed by atoms with van der Waals surface area (Å²) in [7, 11) is 1.66. The van der Waals surface area contributed by atoms with E-state index in [0.717, 1.165) is 11.8 Å². The molecule has 1 unspecified atom stereocenters. The molecule has 4 aliphatic rings. The van der Waals surface area contributed by atoms with Gasteiger partial charge in [-0.2, -0.15) is 23.4 Å². The predicted octanol–water partition coefficient (Wildman–Crippen LogP) is 4.00. The molecular weight excluding hydrogens is 560 g/mol. The van der Waals surface area contributed by atoms with Gasteiger partial charge in [-0.1, -0.05) is 0 Å². The maximum absolute atomic E-state index is 15.2. The number of nitrogens with zero attached hydrogens (tertiary/aromatic N) is 6. The van der Waals surface area contributed by atoms with E-state index in [1.165, 1.54) is 11.1 Å². The number of anilines is 2. The lowest BCUT2D eigenvalue weighted by Crippen LogP contribution is -2.60. The minimum Gasteiger partial charge on any atom is -0.380 e. The zero-order chi connectivity index (χ0) is 29.5. The van der Waals surface area contributed by atoms with E-state index >= 15 is 4.39 Å². The molecule has 1 spiro atoms. The monoisotopic (exact) mass is 592 g/mol. The van der Waals surface area contributed by atoms with Crippen LogP contribution in [0.25, 0.3) is 22.3 Å². The number of hydrogen-bond acceptors (Lipinski definition) is 7. The summed E-state index contributed by atoms with van der Waals surface area (Å²) in [5.74, 6) is 0.706. The normalized spacial score (nSPS) is 25.0. The van der Waals surface area contributed by atoms with E-state index in [9.17, 15) is 23.1 Å². The van der Waals surface area contributed by atoms with Gasteiger partial charge in [0.25, 0.3) is 0 Å². The van der Waals surface area contributed by atoms with Crippen molar-refractivity contribution < 1.29 is 32.2 Å². The third-order valence-electron chi connectivity index (χ3n) is 9.46. The van der Waals surface area contributed by atoms with E-state index in [-0.39, 0.29) is 19.2 Å². The number of fused-ring (bicyclic) bond motifs is 1. The fraction of sp³-hybridized carbons (Fsp3) is 0.630. The van der Waals surface area contributed by atoms with E-state index in [1.54, 1.807) is 24.1 Å². The van der Waals surface area contributed by atoms with Crippen LogP contribution in [0.4, 0.5) is 33.9 Å². The van der Waals surface area contributed by atoms with Crippen molar-refractivity contribution in [1.82, 2.24) is 29.9 Å². The summed E-state index contributed by atoms with van der Waals surface area (Å²) in [5.41, 5.74) is -3.32. The number of H-pyrrole nitrogens is 1. The lowest BCUT2D eigenvalue weighted by molar-refractivity contribution is -0.277. The molecule has 2 saturated carbocycles. The molecule has 1 atom stereocenters. The first kappa shape index (κ1) is 27.4. The number of piperidine rings is 1. The number of aliphatic hydroxyl groups is 1. The summed E-state index contributed by atoms with van der Waals surface area (Å²) in [4.78, 5) is 21.4. The Morgan fingerprint density at radius 3 is 2.62 bits per heavy atom. The smallest absolute Gasteiger partial charge is 0.380 e. The molecule has 3 N–H and O–H groups in total. The molecule has 0 bridgehead atoms. The zero-order valence-electron chi connectivity index (χ0n) is 23.0. The van der Waals surface area contributed by atoms with Crippen molar-refractivity contribution in [1.29, 1.82) is 0 Å². The zero-order valence-corrected chi connectivity index (χ0v) is 23.0. The molecule has 2 amide bonds. The molecule has 4 fully saturated rings. The van der Waals surface area contributed by atoms with Crippen LogP contribution in [0.1, 0.15) is 44.9 Å². The molecule has 2 aliphatic carbocycles. The number of halogens is 4. The molecule has 0 radical (unpaired) electrons. The van der Waals surface area contributed by atoms with Crippen LogP contribution >= 0.6 is 0 Å². The van der Waals surface area contributed by atoms with Crippen molar-refractivity contribution in [3.63, 3.8) is 0 Å². The van der Waals surface area contributed by atoms with Gasteiger partial charge in [-0.05, 0) is 38.2 Å². The lowest BCUT2D eigenvalue weighted by atomic mass is 9.82. The fourth-order valence-corrected chi connectivity index (χ4v) is 6.46. The van der Waals surface area contributed by atoms with Gasteiger partial charge in [-0.3, -0.25) is 14.8 Å². The largest absolute Gasteiger partial charge is 0.417 e. The Balaban J connectivity index is 1.15. The minimum atomic E-state index is -4.76. The van der Waals surface area contributed by atoms with Crippen LogP contribution in [0.15, 0.2) is 18.5 Å². The van der Waals surface area contributed by atoms with Gasteiger partial charge >= 0.3 is 12.2 Å². The number of hydrogen-bond donors (Lipinski definition) is 3. The Kier molecular flexibility index (Phi) is 6.04. The van der Waals surface area contributed by atoms with Crippen molar-refractivity contribution in [2.75, 3.05) is 37.0 Å². The first-order chi connectivity index (χ1) is 19.9. The van der Waals surface area contributed by atoms with Gasteiger partial charge < -0.3 is 25.0 Å². The van der Waals surface area contributed by atoms with Crippen LogP contribution in [0.5, 0.6) is 0 Å². The summed E-state index contributed by atoms with van der Waals surface area (Å²) in [6.45, 7) is 1.22. The summed E-state index contributed by atoms with van der Waals surface area (Å²) in [6.07, 6.45) is -0.146. The van der Waals surface area contributed by atoms with Crippen molar-refractivity contribution in [3.8, 4) is 11.4 Å². The van der Waals surface area contributed by atoms with Gasteiger partial charge in [0, 0.05) is 51.3 Å².